The van der Waals surface area contributed by atoms with Crippen molar-refractivity contribution in [1.82, 2.24) is 15.0 Å². The van der Waals surface area contributed by atoms with Gasteiger partial charge in [0, 0.05) is 42.2 Å². The molecule has 4 aromatic rings. The maximum atomic E-state index is 11.7. The number of hydrogen-bond donors (Lipinski definition) is 4. The first kappa shape index (κ1) is 15.4. The van der Waals surface area contributed by atoms with E-state index in [0.717, 1.165) is 28.1 Å². The number of para-hydroxylation sites is 1. The van der Waals surface area contributed by atoms with Crippen molar-refractivity contribution in [3.05, 3.63) is 60.0 Å². The van der Waals surface area contributed by atoms with Gasteiger partial charge in [0.25, 0.3) is 0 Å². The average Bonchev–Trinajstić information content (AvgIpc) is 3.19. The van der Waals surface area contributed by atoms with E-state index in [1.54, 1.807) is 0 Å². The second-order valence-corrected chi connectivity index (χ2v) is 6.04. The predicted molar refractivity (Wildman–Crippen MR) is 99.5 cm³/mol. The van der Waals surface area contributed by atoms with Crippen LogP contribution in [0, 0.1) is 0 Å². The van der Waals surface area contributed by atoms with Crippen molar-refractivity contribution in [2.75, 3.05) is 11.9 Å². The normalized spacial score (nSPS) is 11.2. The van der Waals surface area contributed by atoms with E-state index in [-0.39, 0.29) is 5.91 Å². The van der Waals surface area contributed by atoms with E-state index in [2.05, 4.69) is 32.4 Å². The third-order valence-electron chi connectivity index (χ3n) is 4.22. The number of carbonyl (C=O) groups excluding carboxylic acids is 1. The van der Waals surface area contributed by atoms with Crippen LogP contribution in [0.3, 0.4) is 0 Å². The van der Waals surface area contributed by atoms with Gasteiger partial charge in [0.05, 0.1) is 11.0 Å². The third kappa shape index (κ3) is 3.12. The number of anilines is 1. The van der Waals surface area contributed by atoms with Crippen molar-refractivity contribution >= 4 is 33.5 Å². The van der Waals surface area contributed by atoms with Gasteiger partial charge in [0.1, 0.15) is 5.82 Å². The van der Waals surface area contributed by atoms with Crippen molar-refractivity contribution in [3.8, 4) is 0 Å². The Balaban J connectivity index is 1.59. The van der Waals surface area contributed by atoms with Crippen LogP contribution in [0.15, 0.2) is 48.7 Å². The molecule has 0 spiro atoms. The summed E-state index contributed by atoms with van der Waals surface area (Å²) in [6, 6.07) is 13.9. The summed E-state index contributed by atoms with van der Waals surface area (Å²) >= 11 is 0. The lowest BCUT2D eigenvalue weighted by Gasteiger charge is -2.03. The van der Waals surface area contributed by atoms with Crippen LogP contribution in [0.1, 0.15) is 17.8 Å². The Morgan fingerprint density at radius 1 is 1.16 bits per heavy atom. The summed E-state index contributed by atoms with van der Waals surface area (Å²) < 4.78 is 0. The third-order valence-corrected chi connectivity index (χ3v) is 4.22. The van der Waals surface area contributed by atoms with Crippen LogP contribution >= 0.6 is 0 Å². The summed E-state index contributed by atoms with van der Waals surface area (Å²) in [6.07, 6.45) is 3.05. The van der Waals surface area contributed by atoms with Crippen LogP contribution < -0.4 is 11.1 Å². The number of nitrogens with zero attached hydrogens (tertiary/aromatic N) is 1. The number of carbonyl (C=O) groups is 1. The van der Waals surface area contributed by atoms with Crippen LogP contribution in [-0.2, 0) is 11.2 Å². The molecule has 0 saturated heterocycles. The van der Waals surface area contributed by atoms with Gasteiger partial charge >= 0.3 is 0 Å². The van der Waals surface area contributed by atoms with E-state index in [4.69, 9.17) is 5.73 Å². The van der Waals surface area contributed by atoms with Gasteiger partial charge in [-0.25, -0.2) is 4.98 Å². The molecule has 6 heteroatoms. The molecule has 2 aromatic heterocycles. The van der Waals surface area contributed by atoms with E-state index in [0.29, 0.717) is 19.4 Å². The van der Waals surface area contributed by atoms with Crippen molar-refractivity contribution < 1.29 is 4.79 Å². The number of nitrogens with two attached hydrogens (primary N) is 1. The zero-order chi connectivity index (χ0) is 17.2. The number of hydrogen-bond acceptors (Lipinski definition) is 3. The number of nitrogens with one attached hydrogen (secondary N) is 3. The largest absolute Gasteiger partial charge is 0.361 e. The van der Waals surface area contributed by atoms with Crippen LogP contribution in [0.5, 0.6) is 0 Å². The van der Waals surface area contributed by atoms with Gasteiger partial charge in [0.2, 0.25) is 5.91 Å². The first-order valence-corrected chi connectivity index (χ1v) is 8.26. The first-order chi connectivity index (χ1) is 12.2. The lowest BCUT2D eigenvalue weighted by atomic mass is 10.1. The highest BCUT2D eigenvalue weighted by Gasteiger charge is 2.09. The molecule has 1 amide bonds. The average molecular weight is 333 g/mol. The van der Waals surface area contributed by atoms with Gasteiger partial charge in [-0.05, 0) is 29.8 Å². The predicted octanol–water partition coefficient (Wildman–Crippen LogP) is 2.92. The minimum Gasteiger partial charge on any atom is -0.361 e. The highest BCUT2D eigenvalue weighted by Crippen LogP contribution is 2.22. The van der Waals surface area contributed by atoms with Gasteiger partial charge in [-0.15, -0.1) is 0 Å². The van der Waals surface area contributed by atoms with E-state index >= 15 is 0 Å². The standard InChI is InChI=1S/C19H19N5O/c20-8-7-19(25)22-13-5-6-16-17(10-13)24-18(23-16)9-12-11-21-15-4-2-1-3-14(12)15/h1-6,10-11,21H,7-9,20H2,(H,22,25)(H,23,24). The molecule has 0 radical (unpaired) electrons. The SMILES string of the molecule is NCCC(=O)Nc1ccc2[nH]c(Cc3c[nH]c4ccccc34)nc2c1. The zero-order valence-electron chi connectivity index (χ0n) is 13.7. The summed E-state index contributed by atoms with van der Waals surface area (Å²) in [4.78, 5) is 23.0. The molecule has 25 heavy (non-hydrogen) atoms. The number of aromatic amines is 2. The second kappa shape index (κ2) is 6.41. The number of fused-ring (bicyclic) bond motifs is 2. The Kier molecular flexibility index (Phi) is 3.95. The van der Waals surface area contributed by atoms with Crippen molar-refractivity contribution in [3.63, 3.8) is 0 Å². The molecule has 0 atom stereocenters. The van der Waals surface area contributed by atoms with Gasteiger partial charge in [-0.1, -0.05) is 18.2 Å². The van der Waals surface area contributed by atoms with Crippen LogP contribution in [0.2, 0.25) is 0 Å². The molecule has 4 rings (SSSR count). The van der Waals surface area contributed by atoms with E-state index in [1.165, 1.54) is 10.9 Å². The Morgan fingerprint density at radius 2 is 2.04 bits per heavy atom. The fourth-order valence-corrected chi connectivity index (χ4v) is 3.03. The van der Waals surface area contributed by atoms with E-state index in [1.807, 2.05) is 36.5 Å². The van der Waals surface area contributed by atoms with E-state index < -0.39 is 0 Å². The molecule has 0 aliphatic carbocycles. The Bertz CT molecular complexity index is 1050. The Morgan fingerprint density at radius 3 is 2.92 bits per heavy atom. The lowest BCUT2D eigenvalue weighted by molar-refractivity contribution is -0.116. The van der Waals surface area contributed by atoms with E-state index in [9.17, 15) is 4.79 Å². The van der Waals surface area contributed by atoms with Gasteiger partial charge in [0.15, 0.2) is 0 Å². The fourth-order valence-electron chi connectivity index (χ4n) is 3.03. The quantitative estimate of drug-likeness (QED) is 0.452. The first-order valence-electron chi connectivity index (χ1n) is 8.26. The number of imidazole rings is 1. The van der Waals surface area contributed by atoms with Gasteiger partial charge in [-0.2, -0.15) is 0 Å². The summed E-state index contributed by atoms with van der Waals surface area (Å²) in [5.41, 5.74) is 10.2. The number of rotatable bonds is 5. The van der Waals surface area contributed by atoms with Crippen LogP contribution in [-0.4, -0.2) is 27.4 Å². The molecule has 0 aliphatic heterocycles. The highest BCUT2D eigenvalue weighted by molar-refractivity contribution is 5.93. The van der Waals surface area contributed by atoms with Gasteiger partial charge in [-0.3, -0.25) is 4.79 Å². The number of aromatic nitrogens is 3. The minimum atomic E-state index is -0.0867. The lowest BCUT2D eigenvalue weighted by Crippen LogP contribution is -2.16. The molecule has 2 heterocycles. The molecular formula is C19H19N5O. The summed E-state index contributed by atoms with van der Waals surface area (Å²) in [5, 5.41) is 4.04. The monoisotopic (exact) mass is 333 g/mol. The fraction of sp³-hybridized carbons (Fsp3) is 0.158. The van der Waals surface area contributed by atoms with Crippen LogP contribution in [0.4, 0.5) is 5.69 Å². The maximum Gasteiger partial charge on any atom is 0.225 e. The molecule has 0 fully saturated rings. The molecule has 126 valence electrons. The Labute approximate surface area is 144 Å². The molecule has 0 saturated carbocycles. The van der Waals surface area contributed by atoms with Gasteiger partial charge < -0.3 is 21.0 Å². The number of H-pyrrole nitrogens is 2. The number of amides is 1. The minimum absolute atomic E-state index is 0.0867. The summed E-state index contributed by atoms with van der Waals surface area (Å²) in [6.45, 7) is 0.339. The molecule has 6 nitrogen and oxygen atoms in total. The van der Waals surface area contributed by atoms with Crippen LogP contribution in [0.25, 0.3) is 21.9 Å². The smallest absolute Gasteiger partial charge is 0.225 e. The second-order valence-electron chi connectivity index (χ2n) is 6.04. The Hall–Kier alpha value is -3.12. The zero-order valence-corrected chi connectivity index (χ0v) is 13.7. The molecule has 5 N–H and O–H groups in total. The van der Waals surface area contributed by atoms with Crippen molar-refractivity contribution in [2.45, 2.75) is 12.8 Å². The van der Waals surface area contributed by atoms with Crippen molar-refractivity contribution in [1.29, 1.82) is 0 Å². The molecular weight excluding hydrogens is 314 g/mol. The molecule has 0 bridgehead atoms. The topological polar surface area (TPSA) is 99.6 Å². The molecule has 0 unspecified atom stereocenters. The maximum absolute atomic E-state index is 11.7. The summed E-state index contributed by atoms with van der Waals surface area (Å²) in [5.74, 6) is 0.807. The summed E-state index contributed by atoms with van der Waals surface area (Å²) in [7, 11) is 0. The molecule has 0 aliphatic rings. The van der Waals surface area contributed by atoms with Crippen molar-refractivity contribution in [2.24, 2.45) is 5.73 Å². The highest BCUT2D eigenvalue weighted by atomic mass is 16.1. The number of benzene rings is 2. The molecule has 2 aromatic carbocycles.